The van der Waals surface area contributed by atoms with E-state index in [9.17, 15) is 0 Å². The molecule has 0 aliphatic heterocycles. The third-order valence-corrected chi connectivity index (χ3v) is 4.54. The Bertz CT molecular complexity index is 604. The summed E-state index contributed by atoms with van der Waals surface area (Å²) in [5.41, 5.74) is 6.42. The first-order valence-corrected chi connectivity index (χ1v) is 8.41. The van der Waals surface area contributed by atoms with Gasteiger partial charge >= 0.3 is 0 Å². The van der Waals surface area contributed by atoms with Crippen molar-refractivity contribution in [1.29, 1.82) is 0 Å². The number of rotatable bonds is 6. The van der Waals surface area contributed by atoms with Crippen molar-refractivity contribution in [2.24, 2.45) is 0 Å². The maximum Gasteiger partial charge on any atom is 0.0916 e. The van der Waals surface area contributed by atoms with Gasteiger partial charge in [0.05, 0.1) is 17.6 Å². The van der Waals surface area contributed by atoms with Gasteiger partial charge in [0.2, 0.25) is 0 Å². The molecule has 1 aromatic heterocycles. The van der Waals surface area contributed by atoms with Crippen LogP contribution in [0.1, 0.15) is 64.0 Å². The Labute approximate surface area is 134 Å². The molecule has 0 aliphatic carbocycles. The fourth-order valence-corrected chi connectivity index (χ4v) is 2.92. The maximum absolute atomic E-state index is 4.53. The Hall–Kier alpha value is -1.77. The number of hydrogen-bond donors (Lipinski definition) is 1. The monoisotopic (exact) mass is 299 g/mol. The number of nitrogens with one attached hydrogen (secondary N) is 1. The van der Waals surface area contributed by atoms with Gasteiger partial charge in [-0.15, -0.1) is 0 Å². The van der Waals surface area contributed by atoms with Crippen molar-refractivity contribution in [3.63, 3.8) is 0 Å². The van der Waals surface area contributed by atoms with Crippen molar-refractivity contribution in [3.05, 3.63) is 35.5 Å². The Morgan fingerprint density at radius 1 is 1.18 bits per heavy atom. The zero-order chi connectivity index (χ0) is 16.3. The topological polar surface area (TPSA) is 29.9 Å². The van der Waals surface area contributed by atoms with Gasteiger partial charge in [-0.25, -0.2) is 0 Å². The second-order valence-electron chi connectivity index (χ2n) is 6.28. The number of aromatic nitrogens is 2. The third kappa shape index (κ3) is 3.03. The summed E-state index contributed by atoms with van der Waals surface area (Å²) in [6.45, 7) is 12.1. The molecular weight excluding hydrogens is 270 g/mol. The Kier molecular flexibility index (Phi) is 5.28. The lowest BCUT2D eigenvalue weighted by molar-refractivity contribution is 0.665. The number of benzene rings is 1. The van der Waals surface area contributed by atoms with Crippen molar-refractivity contribution in [1.82, 2.24) is 9.78 Å². The van der Waals surface area contributed by atoms with Crippen LogP contribution in [0.3, 0.4) is 0 Å². The van der Waals surface area contributed by atoms with E-state index in [2.05, 4.69) is 67.9 Å². The molecule has 0 aliphatic rings. The van der Waals surface area contributed by atoms with Crippen LogP contribution >= 0.6 is 0 Å². The smallest absolute Gasteiger partial charge is 0.0916 e. The highest BCUT2D eigenvalue weighted by Gasteiger charge is 2.18. The zero-order valence-corrected chi connectivity index (χ0v) is 14.8. The summed E-state index contributed by atoms with van der Waals surface area (Å²) in [4.78, 5) is 0. The maximum atomic E-state index is 4.53. The van der Waals surface area contributed by atoms with Gasteiger partial charge in [0.15, 0.2) is 0 Å². The van der Waals surface area contributed by atoms with Crippen LogP contribution in [0.15, 0.2) is 24.4 Å². The lowest BCUT2D eigenvalue weighted by Crippen LogP contribution is -2.05. The molecule has 22 heavy (non-hydrogen) atoms. The molecule has 0 saturated heterocycles. The fraction of sp³-hybridized carbons (Fsp3) is 0.526. The molecule has 0 bridgehead atoms. The van der Waals surface area contributed by atoms with E-state index in [0.717, 1.165) is 18.7 Å². The van der Waals surface area contributed by atoms with Gasteiger partial charge in [-0.2, -0.15) is 5.10 Å². The molecule has 1 unspecified atom stereocenters. The van der Waals surface area contributed by atoms with Gasteiger partial charge in [-0.1, -0.05) is 39.8 Å². The first kappa shape index (κ1) is 16.6. The number of nitrogens with zero attached hydrogens (tertiary/aromatic N) is 2. The quantitative estimate of drug-likeness (QED) is 0.789. The number of hydrogen-bond acceptors (Lipinski definition) is 2. The minimum Gasteiger partial charge on any atom is -0.385 e. The van der Waals surface area contributed by atoms with E-state index in [1.807, 2.05) is 13.2 Å². The summed E-state index contributed by atoms with van der Waals surface area (Å²) in [5.74, 6) is 1.07. The molecule has 0 radical (unpaired) electrons. The first-order chi connectivity index (χ1) is 10.5. The summed E-state index contributed by atoms with van der Waals surface area (Å²) in [5, 5.41) is 7.83. The van der Waals surface area contributed by atoms with Crippen LogP contribution in [-0.2, 0) is 6.54 Å². The summed E-state index contributed by atoms with van der Waals surface area (Å²) in [6, 6.07) is 6.96. The second-order valence-corrected chi connectivity index (χ2v) is 6.28. The van der Waals surface area contributed by atoms with E-state index >= 15 is 0 Å². The van der Waals surface area contributed by atoms with Crippen molar-refractivity contribution < 1.29 is 0 Å². The molecule has 0 fully saturated rings. The second kappa shape index (κ2) is 6.99. The largest absolute Gasteiger partial charge is 0.385 e. The fourth-order valence-electron chi connectivity index (χ4n) is 2.92. The van der Waals surface area contributed by atoms with E-state index in [0.29, 0.717) is 11.8 Å². The SMILES string of the molecule is CCC(C)c1ccc(C(C)C)c(-c2c(NC)cnn2CC)c1. The molecule has 120 valence electrons. The van der Waals surface area contributed by atoms with E-state index in [-0.39, 0.29) is 0 Å². The Morgan fingerprint density at radius 2 is 1.91 bits per heavy atom. The number of anilines is 1. The summed E-state index contributed by atoms with van der Waals surface area (Å²) in [6.07, 6.45) is 3.09. The molecule has 3 nitrogen and oxygen atoms in total. The standard InChI is InChI=1S/C19H29N3/c1-7-14(5)15-9-10-16(13(3)4)17(11-15)19-18(20-6)12-21-22(19)8-2/h9-14,20H,7-8H2,1-6H3. The molecule has 1 heterocycles. The predicted molar refractivity (Wildman–Crippen MR) is 95.7 cm³/mol. The lowest BCUT2D eigenvalue weighted by atomic mass is 9.89. The van der Waals surface area contributed by atoms with E-state index in [1.165, 1.54) is 22.4 Å². The molecular formula is C19H29N3. The summed E-state index contributed by atoms with van der Waals surface area (Å²) >= 11 is 0. The van der Waals surface area contributed by atoms with Crippen LogP contribution in [0, 0.1) is 0 Å². The van der Waals surface area contributed by atoms with Gasteiger partial charge in [-0.3, -0.25) is 4.68 Å². The van der Waals surface area contributed by atoms with Crippen molar-refractivity contribution >= 4 is 5.69 Å². The van der Waals surface area contributed by atoms with Crippen molar-refractivity contribution in [2.45, 2.75) is 59.4 Å². The highest BCUT2D eigenvalue weighted by Crippen LogP contribution is 2.36. The molecule has 2 aromatic rings. The summed E-state index contributed by atoms with van der Waals surface area (Å²) in [7, 11) is 1.97. The van der Waals surface area contributed by atoms with Crippen molar-refractivity contribution in [3.8, 4) is 11.3 Å². The van der Waals surface area contributed by atoms with Gasteiger partial charge in [0.1, 0.15) is 0 Å². The normalized spacial score (nSPS) is 12.7. The molecule has 1 aromatic carbocycles. The average Bonchev–Trinajstić information content (AvgIpc) is 2.96. The third-order valence-electron chi connectivity index (χ3n) is 4.54. The molecule has 1 atom stereocenters. The molecule has 2 rings (SSSR count). The van der Waals surface area contributed by atoms with Crippen LogP contribution < -0.4 is 5.32 Å². The lowest BCUT2D eigenvalue weighted by Gasteiger charge is -2.19. The Morgan fingerprint density at radius 3 is 2.45 bits per heavy atom. The van der Waals surface area contributed by atoms with Crippen LogP contribution in [0.4, 0.5) is 5.69 Å². The zero-order valence-electron chi connectivity index (χ0n) is 14.8. The van der Waals surface area contributed by atoms with Gasteiger partial charge in [0, 0.05) is 19.2 Å². The molecule has 3 heteroatoms. The predicted octanol–water partition coefficient (Wildman–Crippen LogP) is 5.25. The minimum atomic E-state index is 0.492. The molecule has 0 spiro atoms. The molecule has 1 N–H and O–H groups in total. The molecule has 0 amide bonds. The van der Waals surface area contributed by atoms with Crippen LogP contribution in [0.2, 0.25) is 0 Å². The highest BCUT2D eigenvalue weighted by molar-refractivity contribution is 5.77. The highest BCUT2D eigenvalue weighted by atomic mass is 15.3. The first-order valence-electron chi connectivity index (χ1n) is 8.41. The Balaban J connectivity index is 2.68. The van der Waals surface area contributed by atoms with Crippen molar-refractivity contribution in [2.75, 3.05) is 12.4 Å². The van der Waals surface area contributed by atoms with Crippen LogP contribution in [0.25, 0.3) is 11.3 Å². The summed E-state index contributed by atoms with van der Waals surface area (Å²) < 4.78 is 2.09. The van der Waals surface area contributed by atoms with E-state index in [4.69, 9.17) is 0 Å². The van der Waals surface area contributed by atoms with Crippen LogP contribution in [-0.4, -0.2) is 16.8 Å². The van der Waals surface area contributed by atoms with Gasteiger partial charge < -0.3 is 5.32 Å². The van der Waals surface area contributed by atoms with Gasteiger partial charge in [-0.05, 0) is 42.4 Å². The number of aryl methyl sites for hydroxylation is 1. The molecule has 0 saturated carbocycles. The van der Waals surface area contributed by atoms with E-state index < -0.39 is 0 Å². The van der Waals surface area contributed by atoms with E-state index in [1.54, 1.807) is 0 Å². The van der Waals surface area contributed by atoms with Gasteiger partial charge in [0.25, 0.3) is 0 Å². The average molecular weight is 299 g/mol. The minimum absolute atomic E-state index is 0.492. The van der Waals surface area contributed by atoms with Crippen LogP contribution in [0.5, 0.6) is 0 Å².